The number of aryl methyl sites for hydroxylation is 1. The maximum Gasteiger partial charge on any atom is 0.234 e. The van der Waals surface area contributed by atoms with Gasteiger partial charge in [0.15, 0.2) is 0 Å². The maximum absolute atomic E-state index is 12.2. The highest BCUT2D eigenvalue weighted by Crippen LogP contribution is 2.44. The third kappa shape index (κ3) is 1.82. The molecule has 0 aliphatic carbocycles. The van der Waals surface area contributed by atoms with E-state index in [-0.39, 0.29) is 17.7 Å². The first-order valence-electron chi connectivity index (χ1n) is 6.90. The number of rotatable bonds is 2. The van der Waals surface area contributed by atoms with E-state index in [0.717, 1.165) is 36.3 Å². The Morgan fingerprint density at radius 1 is 1.47 bits per heavy atom. The van der Waals surface area contributed by atoms with Crippen LogP contribution in [-0.2, 0) is 16.0 Å². The highest BCUT2D eigenvalue weighted by atomic mass is 16.2. The van der Waals surface area contributed by atoms with Crippen LogP contribution >= 0.6 is 0 Å². The van der Waals surface area contributed by atoms with Gasteiger partial charge in [-0.3, -0.25) is 9.59 Å². The van der Waals surface area contributed by atoms with Gasteiger partial charge in [0, 0.05) is 18.7 Å². The van der Waals surface area contributed by atoms with Gasteiger partial charge in [-0.15, -0.1) is 0 Å². The second-order valence-electron chi connectivity index (χ2n) is 5.29. The summed E-state index contributed by atoms with van der Waals surface area (Å²) in [6.07, 6.45) is 2.44. The number of amides is 2. The summed E-state index contributed by atoms with van der Waals surface area (Å²) < 4.78 is 0. The van der Waals surface area contributed by atoms with Crippen LogP contribution in [0.4, 0.5) is 11.4 Å². The normalized spacial score (nSPS) is 20.4. The van der Waals surface area contributed by atoms with Gasteiger partial charge in [-0.1, -0.05) is 6.92 Å². The summed E-state index contributed by atoms with van der Waals surface area (Å²) in [6, 6.07) is 3.98. The fraction of sp³-hybridized carbons (Fsp3) is 0.467. The molecule has 0 fully saturated rings. The first-order chi connectivity index (χ1) is 9.11. The first-order valence-corrected chi connectivity index (χ1v) is 6.90. The molecular formula is C15H18N2O2. The van der Waals surface area contributed by atoms with Crippen molar-refractivity contribution in [1.82, 2.24) is 0 Å². The summed E-state index contributed by atoms with van der Waals surface area (Å²) in [7, 11) is 0. The van der Waals surface area contributed by atoms with Gasteiger partial charge in [-0.05, 0) is 43.0 Å². The summed E-state index contributed by atoms with van der Waals surface area (Å²) in [5, 5.41) is 2.90. The number of benzene rings is 1. The van der Waals surface area contributed by atoms with Crippen LogP contribution in [-0.4, -0.2) is 18.4 Å². The van der Waals surface area contributed by atoms with E-state index in [2.05, 4.69) is 5.32 Å². The summed E-state index contributed by atoms with van der Waals surface area (Å²) >= 11 is 0. The van der Waals surface area contributed by atoms with Gasteiger partial charge in [0.1, 0.15) is 0 Å². The lowest BCUT2D eigenvalue weighted by Crippen LogP contribution is -2.32. The fourth-order valence-electron chi connectivity index (χ4n) is 3.02. The molecule has 0 unspecified atom stereocenters. The predicted molar refractivity (Wildman–Crippen MR) is 74.5 cm³/mol. The Kier molecular flexibility index (Phi) is 2.81. The molecule has 0 saturated carbocycles. The van der Waals surface area contributed by atoms with Crippen LogP contribution in [0.1, 0.15) is 43.7 Å². The molecule has 100 valence electrons. The molecule has 1 aromatic rings. The van der Waals surface area contributed by atoms with E-state index < -0.39 is 0 Å². The van der Waals surface area contributed by atoms with Crippen molar-refractivity contribution in [3.8, 4) is 0 Å². The summed E-state index contributed by atoms with van der Waals surface area (Å²) in [5.41, 5.74) is 4.17. The zero-order chi connectivity index (χ0) is 13.6. The number of hydrogen-bond donors (Lipinski definition) is 1. The molecule has 2 aliphatic heterocycles. The van der Waals surface area contributed by atoms with Gasteiger partial charge in [-0.2, -0.15) is 0 Å². The van der Waals surface area contributed by atoms with Gasteiger partial charge in [0.25, 0.3) is 0 Å². The first kappa shape index (κ1) is 12.2. The van der Waals surface area contributed by atoms with Crippen molar-refractivity contribution in [2.24, 2.45) is 0 Å². The monoisotopic (exact) mass is 258 g/mol. The third-order valence-electron chi connectivity index (χ3n) is 4.02. The number of nitrogens with zero attached hydrogens (tertiary/aromatic N) is 1. The second kappa shape index (κ2) is 4.37. The highest BCUT2D eigenvalue weighted by molar-refractivity contribution is 6.06. The van der Waals surface area contributed by atoms with E-state index >= 15 is 0 Å². The summed E-state index contributed by atoms with van der Waals surface area (Å²) in [6.45, 7) is 4.60. The molecule has 2 aliphatic rings. The standard InChI is InChI=1S/C15H18N2O2/c1-3-13(18)16-11-7-10-5-4-6-17-14(10)12(8-11)9(2)15(17)19/h7-9H,3-6H2,1-2H3,(H,16,18)/t9-/m0/s1. The molecule has 0 radical (unpaired) electrons. The quantitative estimate of drug-likeness (QED) is 0.885. The summed E-state index contributed by atoms with van der Waals surface area (Å²) in [4.78, 5) is 25.6. The van der Waals surface area contributed by atoms with Crippen molar-refractivity contribution >= 4 is 23.2 Å². The molecule has 2 amide bonds. The molecule has 1 N–H and O–H groups in total. The largest absolute Gasteiger partial charge is 0.326 e. The molecule has 2 heterocycles. The average Bonchev–Trinajstić information content (AvgIpc) is 2.66. The van der Waals surface area contributed by atoms with Crippen molar-refractivity contribution in [2.75, 3.05) is 16.8 Å². The Balaban J connectivity index is 2.06. The van der Waals surface area contributed by atoms with Crippen LogP contribution in [0, 0.1) is 0 Å². The van der Waals surface area contributed by atoms with Gasteiger partial charge >= 0.3 is 0 Å². The number of anilines is 2. The molecule has 3 rings (SSSR count). The van der Waals surface area contributed by atoms with Crippen molar-refractivity contribution in [3.63, 3.8) is 0 Å². The number of nitrogens with one attached hydrogen (secondary N) is 1. The van der Waals surface area contributed by atoms with Crippen molar-refractivity contribution in [2.45, 2.75) is 39.0 Å². The molecule has 0 spiro atoms. The minimum Gasteiger partial charge on any atom is -0.326 e. The van der Waals surface area contributed by atoms with Gasteiger partial charge in [0.05, 0.1) is 11.6 Å². The van der Waals surface area contributed by atoms with Crippen molar-refractivity contribution < 1.29 is 9.59 Å². The van der Waals surface area contributed by atoms with Crippen LogP contribution in [0.3, 0.4) is 0 Å². The van der Waals surface area contributed by atoms with Crippen molar-refractivity contribution in [3.05, 3.63) is 23.3 Å². The minimum absolute atomic E-state index is 0.0109. The number of hydrogen-bond acceptors (Lipinski definition) is 2. The van der Waals surface area contributed by atoms with Crippen LogP contribution in [0.5, 0.6) is 0 Å². The molecule has 1 aromatic carbocycles. The molecule has 4 heteroatoms. The zero-order valence-electron chi connectivity index (χ0n) is 11.3. The Bertz CT molecular complexity index is 566. The Morgan fingerprint density at radius 3 is 3.00 bits per heavy atom. The maximum atomic E-state index is 12.2. The Hall–Kier alpha value is -1.84. The van der Waals surface area contributed by atoms with Crippen LogP contribution in [0.2, 0.25) is 0 Å². The van der Waals surface area contributed by atoms with E-state index in [1.807, 2.05) is 30.9 Å². The van der Waals surface area contributed by atoms with Crippen LogP contribution in [0.25, 0.3) is 0 Å². The topological polar surface area (TPSA) is 49.4 Å². The highest BCUT2D eigenvalue weighted by Gasteiger charge is 2.37. The summed E-state index contributed by atoms with van der Waals surface area (Å²) in [5.74, 6) is 0.108. The zero-order valence-corrected chi connectivity index (χ0v) is 11.3. The minimum atomic E-state index is -0.0923. The lowest BCUT2D eigenvalue weighted by molar-refractivity contribution is -0.119. The molecule has 0 saturated heterocycles. The molecule has 0 aromatic heterocycles. The van der Waals surface area contributed by atoms with E-state index in [1.165, 1.54) is 5.56 Å². The van der Waals surface area contributed by atoms with Gasteiger partial charge < -0.3 is 10.2 Å². The lowest BCUT2D eigenvalue weighted by atomic mass is 9.96. The Morgan fingerprint density at radius 2 is 2.26 bits per heavy atom. The van der Waals surface area contributed by atoms with Gasteiger partial charge in [0.2, 0.25) is 11.8 Å². The molecule has 1 atom stereocenters. The fourth-order valence-corrected chi connectivity index (χ4v) is 3.02. The number of carbonyl (C=O) groups excluding carboxylic acids is 2. The van der Waals surface area contributed by atoms with Crippen LogP contribution in [0.15, 0.2) is 12.1 Å². The Labute approximate surface area is 112 Å². The number of carbonyl (C=O) groups is 2. The second-order valence-corrected chi connectivity index (χ2v) is 5.29. The lowest BCUT2D eigenvalue weighted by Gasteiger charge is -2.26. The smallest absolute Gasteiger partial charge is 0.234 e. The van der Waals surface area contributed by atoms with Crippen molar-refractivity contribution in [1.29, 1.82) is 0 Å². The van der Waals surface area contributed by atoms with E-state index in [0.29, 0.717) is 6.42 Å². The molecular weight excluding hydrogens is 240 g/mol. The molecule has 0 bridgehead atoms. The average molecular weight is 258 g/mol. The van der Waals surface area contributed by atoms with Gasteiger partial charge in [-0.25, -0.2) is 0 Å². The SMILES string of the molecule is CCC(=O)Nc1cc2c3c(c1)[C@H](C)C(=O)N3CCC2. The van der Waals surface area contributed by atoms with Crippen LogP contribution < -0.4 is 10.2 Å². The van der Waals surface area contributed by atoms with E-state index in [4.69, 9.17) is 0 Å². The molecule has 4 nitrogen and oxygen atoms in total. The van der Waals surface area contributed by atoms with E-state index in [1.54, 1.807) is 0 Å². The van der Waals surface area contributed by atoms with E-state index in [9.17, 15) is 9.59 Å². The third-order valence-corrected chi connectivity index (χ3v) is 4.02. The predicted octanol–water partition coefficient (Wildman–Crippen LogP) is 2.43. The molecule has 19 heavy (non-hydrogen) atoms.